The monoisotopic (exact) mass is 525 g/mol. The van der Waals surface area contributed by atoms with E-state index >= 15 is 0 Å². The number of fused-ring (bicyclic) bond motifs is 3. The van der Waals surface area contributed by atoms with Crippen LogP contribution in [0, 0.1) is 5.82 Å². The minimum atomic E-state index is -0.489. The van der Waals surface area contributed by atoms with Gasteiger partial charge in [0.2, 0.25) is 0 Å². The van der Waals surface area contributed by atoms with Crippen molar-refractivity contribution in [3.8, 4) is 5.75 Å². The fourth-order valence-electron chi connectivity index (χ4n) is 5.32. The summed E-state index contributed by atoms with van der Waals surface area (Å²) in [5, 5.41) is 3.65. The molecule has 0 radical (unpaired) electrons. The van der Waals surface area contributed by atoms with Crippen LogP contribution in [-0.2, 0) is 13.6 Å². The first kappa shape index (κ1) is 26.4. The van der Waals surface area contributed by atoms with Crippen LogP contribution in [-0.4, -0.2) is 34.0 Å². The molecule has 0 unspecified atom stereocenters. The van der Waals surface area contributed by atoms with Crippen molar-refractivity contribution in [3.05, 3.63) is 76.0 Å². The number of aromatic nitrogens is 2. The average molecular weight is 526 g/mol. The van der Waals surface area contributed by atoms with Gasteiger partial charge in [0.15, 0.2) is 17.2 Å². The number of nitrogens with one attached hydrogen (secondary N) is 1. The Hall–Kier alpha value is -3.65. The van der Waals surface area contributed by atoms with Crippen LogP contribution in [0.15, 0.2) is 53.3 Å². The topological polar surface area (TPSA) is 82.3 Å². The molecule has 0 saturated heterocycles. The van der Waals surface area contributed by atoms with Crippen LogP contribution in [0.2, 0.25) is 0 Å². The van der Waals surface area contributed by atoms with Gasteiger partial charge in [-0.3, -0.25) is 19.0 Å². The summed E-state index contributed by atoms with van der Waals surface area (Å²) in [5.74, 6) is -0.962. The van der Waals surface area contributed by atoms with Crippen LogP contribution in [0.1, 0.15) is 53.0 Å². The molecule has 4 aromatic rings. The molecule has 37 heavy (non-hydrogen) atoms. The van der Waals surface area contributed by atoms with E-state index in [0.717, 1.165) is 32.1 Å². The maximum absolute atomic E-state index is 14.4. The van der Waals surface area contributed by atoms with Crippen molar-refractivity contribution in [2.45, 2.75) is 44.7 Å². The zero-order valence-electron chi connectivity index (χ0n) is 20.8. The highest BCUT2D eigenvalue weighted by atomic mass is 35.5. The van der Waals surface area contributed by atoms with E-state index in [9.17, 15) is 18.8 Å². The van der Waals surface area contributed by atoms with E-state index < -0.39 is 11.4 Å². The van der Waals surface area contributed by atoms with E-state index in [1.165, 1.54) is 29.9 Å². The zero-order valence-corrected chi connectivity index (χ0v) is 21.6. The standard InChI is InChI=1S/C28H28FN3O4.ClH/c1-31-24-20-15-18(29)13-14-21(20)32(16-22(33)17-9-5-3-6-10-17)28(35)23(24)26(36-2)25(31)27(34)30-19-11-7-4-8-12-19;/h3,5-6,9-10,13-15,19H,4,7-8,11-12,16H2,1-2H3,(H,30,34);1H. The second-order valence-electron chi connectivity index (χ2n) is 9.31. The van der Waals surface area contributed by atoms with Gasteiger partial charge in [-0.15, -0.1) is 12.4 Å². The Morgan fingerprint density at radius 1 is 1.08 bits per heavy atom. The average Bonchev–Trinajstić information content (AvgIpc) is 3.20. The first-order valence-corrected chi connectivity index (χ1v) is 12.2. The number of pyridine rings is 1. The van der Waals surface area contributed by atoms with E-state index in [1.54, 1.807) is 35.9 Å². The van der Waals surface area contributed by atoms with Crippen molar-refractivity contribution in [3.63, 3.8) is 0 Å². The van der Waals surface area contributed by atoms with Gasteiger partial charge < -0.3 is 14.6 Å². The lowest BCUT2D eigenvalue weighted by atomic mass is 9.95. The largest absolute Gasteiger partial charge is 0.493 e. The van der Waals surface area contributed by atoms with Crippen molar-refractivity contribution < 1.29 is 18.7 Å². The molecule has 1 aliphatic carbocycles. The highest BCUT2D eigenvalue weighted by Gasteiger charge is 2.29. The molecular weight excluding hydrogens is 497 g/mol. The van der Waals surface area contributed by atoms with Gasteiger partial charge in [0, 0.05) is 24.0 Å². The number of ketones is 1. The molecule has 1 aliphatic rings. The summed E-state index contributed by atoms with van der Waals surface area (Å²) >= 11 is 0. The Balaban J connectivity index is 0.00000320. The molecule has 0 atom stereocenters. The molecule has 1 amide bonds. The number of carbonyl (C=O) groups excluding carboxylic acids is 2. The number of rotatable bonds is 6. The molecule has 5 rings (SSSR count). The fraction of sp³-hybridized carbons (Fsp3) is 0.321. The number of Topliss-reactive ketones (excluding diaryl/α,β-unsaturated/α-hetero) is 1. The van der Waals surface area contributed by atoms with Gasteiger partial charge in [-0.1, -0.05) is 49.6 Å². The summed E-state index contributed by atoms with van der Waals surface area (Å²) in [4.78, 5) is 40.3. The minimum absolute atomic E-state index is 0. The predicted molar refractivity (Wildman–Crippen MR) is 144 cm³/mol. The van der Waals surface area contributed by atoms with Crippen LogP contribution in [0.4, 0.5) is 4.39 Å². The Kier molecular flexibility index (Phi) is 7.68. The third-order valence-electron chi connectivity index (χ3n) is 7.07. The number of benzene rings is 2. The summed E-state index contributed by atoms with van der Waals surface area (Å²) < 4.78 is 23.0. The molecule has 2 heterocycles. The minimum Gasteiger partial charge on any atom is -0.493 e. The van der Waals surface area contributed by atoms with E-state index in [2.05, 4.69) is 5.32 Å². The number of ether oxygens (including phenoxy) is 1. The van der Waals surface area contributed by atoms with E-state index in [0.29, 0.717) is 22.0 Å². The number of hydrogen-bond donors (Lipinski definition) is 1. The Morgan fingerprint density at radius 3 is 2.46 bits per heavy atom. The normalized spacial score (nSPS) is 13.9. The third kappa shape index (κ3) is 4.73. The Bertz CT molecular complexity index is 1540. The van der Waals surface area contributed by atoms with Crippen molar-refractivity contribution in [1.82, 2.24) is 14.5 Å². The Morgan fingerprint density at radius 2 is 1.78 bits per heavy atom. The number of halogens is 2. The zero-order chi connectivity index (χ0) is 25.4. The second-order valence-corrected chi connectivity index (χ2v) is 9.31. The van der Waals surface area contributed by atoms with Crippen LogP contribution >= 0.6 is 12.4 Å². The second kappa shape index (κ2) is 10.8. The molecular formula is C28H29ClFN3O4. The molecule has 7 nitrogen and oxygen atoms in total. The molecule has 0 bridgehead atoms. The lowest BCUT2D eigenvalue weighted by Gasteiger charge is -2.23. The van der Waals surface area contributed by atoms with Crippen LogP contribution in [0.3, 0.4) is 0 Å². The molecule has 0 spiro atoms. The van der Waals surface area contributed by atoms with Crippen molar-refractivity contribution in [1.29, 1.82) is 0 Å². The summed E-state index contributed by atoms with van der Waals surface area (Å²) in [6, 6.07) is 12.8. The first-order valence-electron chi connectivity index (χ1n) is 12.2. The van der Waals surface area contributed by atoms with Gasteiger partial charge in [0.1, 0.15) is 11.2 Å². The SMILES string of the molecule is COc1c(C(=O)NC2CCCCC2)n(C)c2c1c(=O)n(CC(=O)c1ccccc1)c1ccc(F)cc21.Cl. The smallest absolute Gasteiger partial charge is 0.272 e. The lowest BCUT2D eigenvalue weighted by molar-refractivity contribution is 0.0915. The highest BCUT2D eigenvalue weighted by Crippen LogP contribution is 2.35. The number of carbonyl (C=O) groups is 2. The molecule has 2 aromatic heterocycles. The summed E-state index contributed by atoms with van der Waals surface area (Å²) in [7, 11) is 3.07. The maximum atomic E-state index is 14.4. The van der Waals surface area contributed by atoms with Crippen molar-refractivity contribution in [2.75, 3.05) is 7.11 Å². The van der Waals surface area contributed by atoms with Gasteiger partial charge in [0.05, 0.1) is 24.7 Å². The van der Waals surface area contributed by atoms with Gasteiger partial charge in [-0.05, 0) is 31.0 Å². The van der Waals surface area contributed by atoms with Crippen molar-refractivity contribution in [2.24, 2.45) is 7.05 Å². The molecule has 1 N–H and O–H groups in total. The van der Waals surface area contributed by atoms with E-state index in [1.807, 2.05) is 6.07 Å². The van der Waals surface area contributed by atoms with Gasteiger partial charge in [-0.2, -0.15) is 0 Å². The number of amides is 1. The van der Waals surface area contributed by atoms with Gasteiger partial charge >= 0.3 is 0 Å². The third-order valence-corrected chi connectivity index (χ3v) is 7.07. The molecule has 0 aliphatic heterocycles. The predicted octanol–water partition coefficient (Wildman–Crippen LogP) is 5.01. The molecule has 194 valence electrons. The fourth-order valence-corrected chi connectivity index (χ4v) is 5.32. The van der Waals surface area contributed by atoms with Crippen molar-refractivity contribution >= 4 is 45.9 Å². The summed E-state index contributed by atoms with van der Waals surface area (Å²) in [6.07, 6.45) is 5.08. The molecule has 9 heteroatoms. The number of methoxy groups -OCH3 is 1. The molecule has 2 aromatic carbocycles. The van der Waals surface area contributed by atoms with Crippen LogP contribution in [0.5, 0.6) is 5.75 Å². The van der Waals surface area contributed by atoms with E-state index in [4.69, 9.17) is 4.74 Å². The molecule has 1 fully saturated rings. The molecule has 1 saturated carbocycles. The number of aryl methyl sites for hydroxylation is 1. The summed E-state index contributed by atoms with van der Waals surface area (Å²) in [6.45, 7) is -0.234. The first-order chi connectivity index (χ1) is 17.4. The maximum Gasteiger partial charge on any atom is 0.272 e. The lowest BCUT2D eigenvalue weighted by Crippen LogP contribution is -2.37. The van der Waals surface area contributed by atoms with Crippen LogP contribution in [0.25, 0.3) is 21.8 Å². The van der Waals surface area contributed by atoms with E-state index in [-0.39, 0.29) is 53.5 Å². The number of nitrogens with zero attached hydrogens (tertiary/aromatic N) is 2. The van der Waals surface area contributed by atoms with Gasteiger partial charge in [-0.25, -0.2) is 4.39 Å². The van der Waals surface area contributed by atoms with Gasteiger partial charge in [0.25, 0.3) is 11.5 Å². The number of hydrogen-bond acceptors (Lipinski definition) is 4. The quantitative estimate of drug-likeness (QED) is 0.359. The Labute approximate surface area is 219 Å². The highest BCUT2D eigenvalue weighted by molar-refractivity contribution is 6.12. The van der Waals surface area contributed by atoms with Crippen LogP contribution < -0.4 is 15.6 Å². The summed E-state index contributed by atoms with van der Waals surface area (Å²) in [5.41, 5.74) is 0.988.